The Morgan fingerprint density at radius 1 is 1.33 bits per heavy atom. The van der Waals surface area contributed by atoms with Gasteiger partial charge in [0.1, 0.15) is 0 Å². The molecule has 5 nitrogen and oxygen atoms in total. The third kappa shape index (κ3) is 2.70. The summed E-state index contributed by atoms with van der Waals surface area (Å²) in [5, 5.41) is 8.85. The minimum atomic E-state index is -5.08. The fourth-order valence-corrected chi connectivity index (χ4v) is 1.32. The van der Waals surface area contributed by atoms with E-state index < -0.39 is 23.6 Å². The second-order valence-electron chi connectivity index (χ2n) is 3.44. The van der Waals surface area contributed by atoms with Crippen molar-refractivity contribution in [2.45, 2.75) is 6.18 Å². The van der Waals surface area contributed by atoms with E-state index >= 15 is 0 Å². The van der Waals surface area contributed by atoms with Crippen LogP contribution in [-0.4, -0.2) is 30.2 Å². The second-order valence-corrected chi connectivity index (χ2v) is 3.44. The second kappa shape index (κ2) is 4.55. The van der Waals surface area contributed by atoms with E-state index in [1.165, 1.54) is 6.07 Å². The number of carbonyl (C=O) groups excluding carboxylic acids is 1. The van der Waals surface area contributed by atoms with Crippen LogP contribution in [0.3, 0.4) is 0 Å². The quantitative estimate of drug-likeness (QED) is 0.791. The largest absolute Gasteiger partial charge is 0.478 e. The van der Waals surface area contributed by atoms with Crippen LogP contribution in [-0.2, 0) is 4.79 Å². The summed E-state index contributed by atoms with van der Waals surface area (Å²) < 4.78 is 36.7. The van der Waals surface area contributed by atoms with Crippen LogP contribution in [0.25, 0.3) is 0 Å². The van der Waals surface area contributed by atoms with E-state index in [1.807, 2.05) is 0 Å². The Balaban J connectivity index is 3.25. The molecule has 0 bridgehead atoms. The topological polar surface area (TPSA) is 83.6 Å². The molecule has 0 saturated carbocycles. The van der Waals surface area contributed by atoms with Crippen molar-refractivity contribution in [2.75, 3.05) is 17.7 Å². The van der Waals surface area contributed by atoms with Crippen molar-refractivity contribution >= 4 is 23.3 Å². The zero-order chi connectivity index (χ0) is 14.1. The van der Waals surface area contributed by atoms with Crippen LogP contribution in [0.5, 0.6) is 0 Å². The van der Waals surface area contributed by atoms with Crippen molar-refractivity contribution in [3.05, 3.63) is 23.8 Å². The van der Waals surface area contributed by atoms with E-state index in [1.54, 1.807) is 0 Å². The first-order valence-corrected chi connectivity index (χ1v) is 4.62. The van der Waals surface area contributed by atoms with Gasteiger partial charge in [0.25, 0.3) is 0 Å². The van der Waals surface area contributed by atoms with Crippen LogP contribution in [0.2, 0.25) is 0 Å². The Hall–Kier alpha value is -2.25. The van der Waals surface area contributed by atoms with Crippen LogP contribution in [0.15, 0.2) is 18.2 Å². The van der Waals surface area contributed by atoms with Crippen molar-refractivity contribution < 1.29 is 27.9 Å². The van der Waals surface area contributed by atoms with Crippen molar-refractivity contribution in [1.82, 2.24) is 0 Å². The Labute approximate surface area is 99.6 Å². The number of rotatable bonds is 2. The molecule has 0 unspecified atom stereocenters. The molecule has 0 heterocycles. The van der Waals surface area contributed by atoms with Gasteiger partial charge >= 0.3 is 18.1 Å². The summed E-state index contributed by atoms with van der Waals surface area (Å²) in [6.45, 7) is 0. The molecule has 8 heteroatoms. The van der Waals surface area contributed by atoms with Gasteiger partial charge in [-0.15, -0.1) is 0 Å². The van der Waals surface area contributed by atoms with Gasteiger partial charge < -0.3 is 15.7 Å². The molecule has 0 atom stereocenters. The number of carboxylic acids is 1. The molecule has 18 heavy (non-hydrogen) atoms. The molecule has 1 rings (SSSR count). The summed E-state index contributed by atoms with van der Waals surface area (Å²) >= 11 is 0. The number of nitrogens with two attached hydrogens (primary N) is 1. The van der Waals surface area contributed by atoms with Gasteiger partial charge in [0, 0.05) is 12.7 Å². The molecule has 0 aromatic heterocycles. The van der Waals surface area contributed by atoms with E-state index in [4.69, 9.17) is 10.8 Å². The third-order valence-electron chi connectivity index (χ3n) is 2.16. The molecule has 98 valence electrons. The molecule has 0 radical (unpaired) electrons. The summed E-state index contributed by atoms with van der Waals surface area (Å²) in [4.78, 5) is 22.1. The molecule has 0 aliphatic rings. The molecule has 0 spiro atoms. The summed E-state index contributed by atoms with van der Waals surface area (Å²) in [7, 11) is 0.841. The number of nitrogens with zero attached hydrogens (tertiary/aromatic N) is 1. The molecule has 3 N–H and O–H groups in total. The van der Waals surface area contributed by atoms with Gasteiger partial charge in [-0.05, 0) is 18.2 Å². The number of hydrogen-bond acceptors (Lipinski definition) is 3. The molecule has 1 aromatic rings. The Bertz CT molecular complexity index is 500. The van der Waals surface area contributed by atoms with Gasteiger partial charge in [0.15, 0.2) is 0 Å². The summed E-state index contributed by atoms with van der Waals surface area (Å²) in [6.07, 6.45) is -5.08. The number of carboxylic acid groups (broad SMARTS) is 1. The number of carbonyl (C=O) groups is 2. The highest BCUT2D eigenvalue weighted by molar-refractivity contribution is 6.04. The zero-order valence-corrected chi connectivity index (χ0v) is 9.15. The normalized spacial score (nSPS) is 11.1. The molecule has 1 aromatic carbocycles. The van der Waals surface area contributed by atoms with Crippen molar-refractivity contribution in [3.8, 4) is 0 Å². The van der Waals surface area contributed by atoms with Crippen molar-refractivity contribution in [1.29, 1.82) is 0 Å². The van der Waals surface area contributed by atoms with Crippen LogP contribution in [0.1, 0.15) is 10.4 Å². The molecule has 0 saturated heterocycles. The number of hydrogen-bond donors (Lipinski definition) is 2. The van der Waals surface area contributed by atoms with Gasteiger partial charge in [-0.2, -0.15) is 13.2 Å². The standard InChI is InChI=1S/C10H9F3N2O3/c1-15(9(18)10(11,12)13)7-3-2-5(14)4-6(7)8(16)17/h2-4H,14H2,1H3,(H,16,17). The summed E-state index contributed by atoms with van der Waals surface area (Å²) in [6, 6.07) is 3.24. The lowest BCUT2D eigenvalue weighted by Gasteiger charge is -2.20. The maximum atomic E-state index is 12.2. The summed E-state index contributed by atoms with van der Waals surface area (Å²) in [5.74, 6) is -3.63. The monoisotopic (exact) mass is 262 g/mol. The first kappa shape index (κ1) is 13.8. The Morgan fingerprint density at radius 3 is 2.33 bits per heavy atom. The average molecular weight is 262 g/mol. The number of amides is 1. The lowest BCUT2D eigenvalue weighted by molar-refractivity contribution is -0.170. The first-order valence-electron chi connectivity index (χ1n) is 4.62. The molecule has 0 aliphatic heterocycles. The van der Waals surface area contributed by atoms with Crippen LogP contribution < -0.4 is 10.6 Å². The van der Waals surface area contributed by atoms with Gasteiger partial charge in [-0.25, -0.2) is 4.79 Å². The number of halogens is 3. The van der Waals surface area contributed by atoms with Gasteiger partial charge in [0.2, 0.25) is 0 Å². The minimum absolute atomic E-state index is 0.0732. The van der Waals surface area contributed by atoms with E-state index in [0.717, 1.165) is 19.2 Å². The number of alkyl halides is 3. The molecule has 0 fully saturated rings. The van der Waals surface area contributed by atoms with E-state index in [-0.39, 0.29) is 16.3 Å². The van der Waals surface area contributed by atoms with Gasteiger partial charge in [0.05, 0.1) is 11.3 Å². The fraction of sp³-hybridized carbons (Fsp3) is 0.200. The summed E-state index contributed by atoms with van der Waals surface area (Å²) in [5.41, 5.74) is 4.56. The molecule has 1 amide bonds. The van der Waals surface area contributed by atoms with Crippen LogP contribution in [0, 0.1) is 0 Å². The lowest BCUT2D eigenvalue weighted by atomic mass is 10.1. The minimum Gasteiger partial charge on any atom is -0.478 e. The maximum absolute atomic E-state index is 12.2. The molecular formula is C10H9F3N2O3. The van der Waals surface area contributed by atoms with Gasteiger partial charge in [-0.3, -0.25) is 4.79 Å². The predicted octanol–water partition coefficient (Wildman–Crippen LogP) is 1.49. The van der Waals surface area contributed by atoms with Crippen LogP contribution >= 0.6 is 0 Å². The highest BCUT2D eigenvalue weighted by Crippen LogP contribution is 2.26. The zero-order valence-electron chi connectivity index (χ0n) is 9.15. The Morgan fingerprint density at radius 2 is 1.89 bits per heavy atom. The van der Waals surface area contributed by atoms with E-state index in [2.05, 4.69) is 0 Å². The number of aromatic carboxylic acids is 1. The van der Waals surface area contributed by atoms with Gasteiger partial charge in [-0.1, -0.05) is 0 Å². The predicted molar refractivity (Wildman–Crippen MR) is 57.3 cm³/mol. The molecular weight excluding hydrogens is 253 g/mol. The van der Waals surface area contributed by atoms with Crippen LogP contribution in [0.4, 0.5) is 24.5 Å². The molecule has 0 aliphatic carbocycles. The van der Waals surface area contributed by atoms with E-state index in [9.17, 15) is 22.8 Å². The highest BCUT2D eigenvalue weighted by atomic mass is 19.4. The maximum Gasteiger partial charge on any atom is 0.471 e. The number of anilines is 2. The fourth-order valence-electron chi connectivity index (χ4n) is 1.32. The van der Waals surface area contributed by atoms with Crippen molar-refractivity contribution in [3.63, 3.8) is 0 Å². The Kier molecular flexibility index (Phi) is 3.49. The smallest absolute Gasteiger partial charge is 0.471 e. The first-order chi connectivity index (χ1) is 8.14. The third-order valence-corrected chi connectivity index (χ3v) is 2.16. The SMILES string of the molecule is CN(C(=O)C(F)(F)F)c1ccc(N)cc1C(=O)O. The number of nitrogen functional groups attached to an aromatic ring is 1. The number of benzene rings is 1. The lowest BCUT2D eigenvalue weighted by Crippen LogP contribution is -2.39. The average Bonchev–Trinajstić information content (AvgIpc) is 2.25. The van der Waals surface area contributed by atoms with Crippen molar-refractivity contribution in [2.24, 2.45) is 0 Å². The van der Waals surface area contributed by atoms with E-state index in [0.29, 0.717) is 0 Å². The highest BCUT2D eigenvalue weighted by Gasteiger charge is 2.42.